The van der Waals surface area contributed by atoms with Crippen LogP contribution in [0.3, 0.4) is 0 Å². The second-order valence-electron chi connectivity index (χ2n) is 5.83. The van der Waals surface area contributed by atoms with Crippen molar-refractivity contribution < 1.29 is 0 Å². The van der Waals surface area contributed by atoms with E-state index in [0.717, 1.165) is 31.3 Å². The Balaban J connectivity index is 4.30. The molecular formula is C15H30N2. The second-order valence-corrected chi connectivity index (χ2v) is 5.83. The van der Waals surface area contributed by atoms with Gasteiger partial charge in [-0.05, 0) is 44.2 Å². The van der Waals surface area contributed by atoms with Gasteiger partial charge in [0.15, 0.2) is 0 Å². The van der Waals surface area contributed by atoms with Gasteiger partial charge in [0.25, 0.3) is 0 Å². The molecule has 1 atom stereocenters. The molecule has 0 spiro atoms. The van der Waals surface area contributed by atoms with Crippen molar-refractivity contribution in [2.45, 2.75) is 66.3 Å². The lowest BCUT2D eigenvalue weighted by Crippen LogP contribution is -2.37. The standard InChI is InChI=1S/C15H30N2/c1-6-15(7-10-16)17(11-8-13(2)3)12-9-14(4)5/h13-15H,6-9,11-12H2,1-5H3. The molecule has 0 aromatic carbocycles. The van der Waals surface area contributed by atoms with Crippen LogP contribution in [-0.4, -0.2) is 24.0 Å². The molecule has 0 aromatic heterocycles. The molecule has 0 bridgehead atoms. The van der Waals surface area contributed by atoms with Gasteiger partial charge < -0.3 is 0 Å². The average Bonchev–Trinajstić information content (AvgIpc) is 2.26. The third-order valence-corrected chi connectivity index (χ3v) is 3.30. The summed E-state index contributed by atoms with van der Waals surface area (Å²) in [6.45, 7) is 13.6. The molecule has 0 aliphatic rings. The van der Waals surface area contributed by atoms with Gasteiger partial charge in [0.1, 0.15) is 0 Å². The zero-order valence-electron chi connectivity index (χ0n) is 12.4. The summed E-state index contributed by atoms with van der Waals surface area (Å²) in [5.74, 6) is 1.49. The van der Waals surface area contributed by atoms with Crippen LogP contribution in [0.5, 0.6) is 0 Å². The summed E-state index contributed by atoms with van der Waals surface area (Å²) in [6, 6.07) is 2.79. The summed E-state index contributed by atoms with van der Waals surface area (Å²) in [4.78, 5) is 2.53. The third-order valence-electron chi connectivity index (χ3n) is 3.30. The van der Waals surface area contributed by atoms with E-state index in [1.807, 2.05) is 0 Å². The fraction of sp³-hybridized carbons (Fsp3) is 0.933. The molecule has 2 heteroatoms. The molecule has 0 aliphatic carbocycles. The fourth-order valence-corrected chi connectivity index (χ4v) is 1.96. The highest BCUT2D eigenvalue weighted by Crippen LogP contribution is 2.14. The summed E-state index contributed by atoms with van der Waals surface area (Å²) >= 11 is 0. The highest BCUT2D eigenvalue weighted by atomic mass is 15.1. The van der Waals surface area contributed by atoms with E-state index in [2.05, 4.69) is 45.6 Å². The van der Waals surface area contributed by atoms with E-state index in [-0.39, 0.29) is 0 Å². The van der Waals surface area contributed by atoms with Crippen LogP contribution in [0.1, 0.15) is 60.3 Å². The Kier molecular flexibility index (Phi) is 9.17. The Morgan fingerprint density at radius 2 is 1.47 bits per heavy atom. The molecule has 0 aromatic rings. The van der Waals surface area contributed by atoms with E-state index in [1.54, 1.807) is 0 Å². The number of nitriles is 1. The average molecular weight is 238 g/mol. The predicted octanol–water partition coefficient (Wildman–Crippen LogP) is 4.07. The summed E-state index contributed by atoms with van der Waals surface area (Å²) in [7, 11) is 0. The highest BCUT2D eigenvalue weighted by molar-refractivity contribution is 4.82. The largest absolute Gasteiger partial charge is 0.299 e. The Bertz CT molecular complexity index is 203. The quantitative estimate of drug-likeness (QED) is 0.605. The van der Waals surface area contributed by atoms with Crippen molar-refractivity contribution >= 4 is 0 Å². The van der Waals surface area contributed by atoms with Gasteiger partial charge in [0, 0.05) is 6.04 Å². The van der Waals surface area contributed by atoms with Crippen molar-refractivity contribution in [2.75, 3.05) is 13.1 Å². The molecule has 0 rings (SSSR count). The first kappa shape index (κ1) is 16.4. The monoisotopic (exact) mass is 238 g/mol. The molecule has 1 unspecified atom stereocenters. The first-order valence-corrected chi connectivity index (χ1v) is 7.12. The van der Waals surface area contributed by atoms with Gasteiger partial charge in [-0.3, -0.25) is 4.90 Å². The van der Waals surface area contributed by atoms with E-state index in [4.69, 9.17) is 5.26 Å². The second kappa shape index (κ2) is 9.48. The smallest absolute Gasteiger partial charge is 0.0638 e. The van der Waals surface area contributed by atoms with Crippen LogP contribution in [0.4, 0.5) is 0 Å². The zero-order chi connectivity index (χ0) is 13.3. The molecule has 0 amide bonds. The number of hydrogen-bond acceptors (Lipinski definition) is 2. The molecule has 17 heavy (non-hydrogen) atoms. The molecule has 0 heterocycles. The minimum Gasteiger partial charge on any atom is -0.299 e. The van der Waals surface area contributed by atoms with Gasteiger partial charge in [-0.1, -0.05) is 34.6 Å². The maximum Gasteiger partial charge on any atom is 0.0638 e. The highest BCUT2D eigenvalue weighted by Gasteiger charge is 2.16. The summed E-state index contributed by atoms with van der Waals surface area (Å²) < 4.78 is 0. The van der Waals surface area contributed by atoms with E-state index in [0.29, 0.717) is 12.5 Å². The number of hydrogen-bond donors (Lipinski definition) is 0. The Labute approximate surface area is 108 Å². The van der Waals surface area contributed by atoms with Crippen LogP contribution < -0.4 is 0 Å². The summed E-state index contributed by atoms with van der Waals surface area (Å²) in [5.41, 5.74) is 0. The molecule has 0 radical (unpaired) electrons. The topological polar surface area (TPSA) is 27.0 Å². The van der Waals surface area contributed by atoms with Crippen molar-refractivity contribution in [3.05, 3.63) is 0 Å². The molecule has 2 nitrogen and oxygen atoms in total. The van der Waals surface area contributed by atoms with E-state index < -0.39 is 0 Å². The van der Waals surface area contributed by atoms with Gasteiger partial charge in [0.2, 0.25) is 0 Å². The van der Waals surface area contributed by atoms with Crippen LogP contribution in [0.2, 0.25) is 0 Å². The summed E-state index contributed by atoms with van der Waals surface area (Å²) in [5, 5.41) is 8.89. The molecule has 100 valence electrons. The lowest BCUT2D eigenvalue weighted by Gasteiger charge is -2.30. The molecule has 0 N–H and O–H groups in total. The first-order chi connectivity index (χ1) is 8.01. The van der Waals surface area contributed by atoms with Crippen LogP contribution in [0, 0.1) is 23.2 Å². The third kappa shape index (κ3) is 8.21. The van der Waals surface area contributed by atoms with Crippen molar-refractivity contribution in [3.8, 4) is 6.07 Å². The number of rotatable bonds is 9. The molecular weight excluding hydrogens is 208 g/mol. The van der Waals surface area contributed by atoms with Crippen molar-refractivity contribution in [1.29, 1.82) is 5.26 Å². The van der Waals surface area contributed by atoms with Crippen LogP contribution in [0.15, 0.2) is 0 Å². The van der Waals surface area contributed by atoms with Crippen LogP contribution in [0.25, 0.3) is 0 Å². The maximum absolute atomic E-state index is 8.89. The lowest BCUT2D eigenvalue weighted by molar-refractivity contribution is 0.173. The minimum atomic E-state index is 0.456. The van der Waals surface area contributed by atoms with E-state index in [1.165, 1.54) is 12.8 Å². The number of nitrogens with zero attached hydrogens (tertiary/aromatic N) is 2. The Hall–Kier alpha value is -0.550. The SMILES string of the molecule is CCC(CC#N)N(CCC(C)C)CCC(C)C. The first-order valence-electron chi connectivity index (χ1n) is 7.12. The van der Waals surface area contributed by atoms with Crippen molar-refractivity contribution in [1.82, 2.24) is 4.90 Å². The maximum atomic E-state index is 8.89. The van der Waals surface area contributed by atoms with Crippen LogP contribution in [-0.2, 0) is 0 Å². The molecule has 0 fully saturated rings. The van der Waals surface area contributed by atoms with Gasteiger partial charge in [-0.2, -0.15) is 5.26 Å². The predicted molar refractivity (Wildman–Crippen MR) is 74.8 cm³/mol. The lowest BCUT2D eigenvalue weighted by atomic mass is 10.0. The Morgan fingerprint density at radius 1 is 1.00 bits per heavy atom. The molecule has 0 saturated carbocycles. The van der Waals surface area contributed by atoms with Crippen molar-refractivity contribution in [2.24, 2.45) is 11.8 Å². The fourth-order valence-electron chi connectivity index (χ4n) is 1.96. The van der Waals surface area contributed by atoms with E-state index in [9.17, 15) is 0 Å². The Morgan fingerprint density at radius 3 is 1.76 bits per heavy atom. The van der Waals surface area contributed by atoms with Gasteiger partial charge in [0.05, 0.1) is 12.5 Å². The zero-order valence-corrected chi connectivity index (χ0v) is 12.4. The van der Waals surface area contributed by atoms with Gasteiger partial charge in [-0.25, -0.2) is 0 Å². The van der Waals surface area contributed by atoms with Crippen LogP contribution >= 0.6 is 0 Å². The van der Waals surface area contributed by atoms with Crippen molar-refractivity contribution in [3.63, 3.8) is 0 Å². The van der Waals surface area contributed by atoms with Gasteiger partial charge in [-0.15, -0.1) is 0 Å². The summed E-state index contributed by atoms with van der Waals surface area (Å²) in [6.07, 6.45) is 4.23. The molecule has 0 aliphatic heterocycles. The molecule has 0 saturated heterocycles. The minimum absolute atomic E-state index is 0.456. The van der Waals surface area contributed by atoms with Gasteiger partial charge >= 0.3 is 0 Å². The normalized spacial score (nSPS) is 13.4. The van der Waals surface area contributed by atoms with E-state index >= 15 is 0 Å².